The minimum Gasteiger partial charge on any atom is -0.395 e. The summed E-state index contributed by atoms with van der Waals surface area (Å²) in [6.07, 6.45) is 23.4. The lowest BCUT2D eigenvalue weighted by Crippen LogP contribution is -2.30. The number of aliphatic hydroxyl groups excluding tert-OH is 1. The second-order valence-corrected chi connectivity index (χ2v) is 7.34. The average Bonchev–Trinajstić information content (AvgIpc) is 3.06. The molecule has 0 saturated carbocycles. The monoisotopic (exact) mass is 350 g/mol. The Morgan fingerprint density at radius 1 is 0.880 bits per heavy atom. The Labute approximate surface area is 156 Å². The normalized spacial score (nSPS) is 14.6. The second kappa shape index (κ2) is 16.6. The van der Waals surface area contributed by atoms with Crippen LogP contribution in [0.3, 0.4) is 0 Å². The molecule has 1 N–H and O–H groups in total. The van der Waals surface area contributed by atoms with Crippen molar-refractivity contribution < 1.29 is 5.11 Å². The van der Waals surface area contributed by atoms with Crippen LogP contribution in [0.15, 0.2) is 17.1 Å². The third-order valence-corrected chi connectivity index (χ3v) is 5.06. The SMILES string of the molecule is CCCCC/C=C/CCCCCCCCCCC1=NCCN1CCO. The van der Waals surface area contributed by atoms with Gasteiger partial charge in [0.05, 0.1) is 19.0 Å². The molecule has 0 spiro atoms. The fraction of sp³-hybridized carbons (Fsp3) is 0.864. The third-order valence-electron chi connectivity index (χ3n) is 5.06. The number of β-amino-alcohol motifs (C(OH)–C–C–N with tert-alkyl or cyclic N) is 1. The summed E-state index contributed by atoms with van der Waals surface area (Å²) >= 11 is 0. The third kappa shape index (κ3) is 12.2. The first-order chi connectivity index (χ1) is 12.4. The van der Waals surface area contributed by atoms with Gasteiger partial charge in [-0.25, -0.2) is 0 Å². The van der Waals surface area contributed by atoms with E-state index >= 15 is 0 Å². The van der Waals surface area contributed by atoms with Gasteiger partial charge in [-0.15, -0.1) is 0 Å². The number of unbranched alkanes of at least 4 members (excludes halogenated alkanes) is 11. The summed E-state index contributed by atoms with van der Waals surface area (Å²) in [6, 6.07) is 0. The largest absolute Gasteiger partial charge is 0.395 e. The summed E-state index contributed by atoms with van der Waals surface area (Å²) in [7, 11) is 0. The topological polar surface area (TPSA) is 35.8 Å². The number of nitrogens with zero attached hydrogens (tertiary/aromatic N) is 2. The van der Waals surface area contributed by atoms with Crippen molar-refractivity contribution in [3.63, 3.8) is 0 Å². The molecule has 0 aromatic heterocycles. The van der Waals surface area contributed by atoms with Crippen molar-refractivity contribution in [3.8, 4) is 0 Å². The number of allylic oxidation sites excluding steroid dienone is 2. The predicted molar refractivity (Wildman–Crippen MR) is 110 cm³/mol. The standard InChI is InChI=1S/C22H42N2O/c1-2-3-4-5-6-7-8-9-10-11-12-13-14-15-16-17-22-23-18-19-24(22)20-21-25/h6-7,25H,2-5,8-21H2,1H3/b7-6+. The highest BCUT2D eigenvalue weighted by molar-refractivity contribution is 5.83. The molecule has 1 aliphatic heterocycles. The molecule has 3 nitrogen and oxygen atoms in total. The van der Waals surface area contributed by atoms with Crippen LogP contribution in [0.1, 0.15) is 96.8 Å². The van der Waals surface area contributed by atoms with E-state index in [9.17, 15) is 0 Å². The molecule has 0 aromatic rings. The lowest BCUT2D eigenvalue weighted by atomic mass is 10.1. The van der Waals surface area contributed by atoms with Crippen molar-refractivity contribution in [2.75, 3.05) is 26.2 Å². The fourth-order valence-corrected chi connectivity index (χ4v) is 3.48. The quantitative estimate of drug-likeness (QED) is 0.268. The van der Waals surface area contributed by atoms with Gasteiger partial charge in [0.15, 0.2) is 0 Å². The Morgan fingerprint density at radius 2 is 1.48 bits per heavy atom. The minimum absolute atomic E-state index is 0.244. The van der Waals surface area contributed by atoms with Crippen molar-refractivity contribution in [2.45, 2.75) is 96.8 Å². The Morgan fingerprint density at radius 3 is 2.12 bits per heavy atom. The minimum atomic E-state index is 0.244. The molecule has 0 radical (unpaired) electrons. The van der Waals surface area contributed by atoms with Gasteiger partial charge in [-0.3, -0.25) is 4.99 Å². The van der Waals surface area contributed by atoms with E-state index in [2.05, 4.69) is 29.0 Å². The summed E-state index contributed by atoms with van der Waals surface area (Å²) in [5.41, 5.74) is 0. The molecule has 0 aromatic carbocycles. The number of hydrogen-bond acceptors (Lipinski definition) is 3. The van der Waals surface area contributed by atoms with Gasteiger partial charge in [-0.05, 0) is 32.1 Å². The maximum absolute atomic E-state index is 9.05. The molecule has 1 heterocycles. The molecule has 0 bridgehead atoms. The van der Waals surface area contributed by atoms with Crippen molar-refractivity contribution in [3.05, 3.63) is 12.2 Å². The van der Waals surface area contributed by atoms with Crippen LogP contribution in [0.2, 0.25) is 0 Å². The predicted octanol–water partition coefficient (Wildman–Crippen LogP) is 5.73. The summed E-state index contributed by atoms with van der Waals surface area (Å²) in [5, 5.41) is 9.05. The first-order valence-corrected chi connectivity index (χ1v) is 10.9. The molecule has 3 heteroatoms. The van der Waals surface area contributed by atoms with Crippen LogP contribution in [0.4, 0.5) is 0 Å². The van der Waals surface area contributed by atoms with Gasteiger partial charge >= 0.3 is 0 Å². The summed E-state index contributed by atoms with van der Waals surface area (Å²) in [5.74, 6) is 1.23. The zero-order chi connectivity index (χ0) is 18.0. The van der Waals surface area contributed by atoms with Gasteiger partial charge in [-0.2, -0.15) is 0 Å². The van der Waals surface area contributed by atoms with E-state index in [1.54, 1.807) is 0 Å². The molecule has 25 heavy (non-hydrogen) atoms. The van der Waals surface area contributed by atoms with Gasteiger partial charge in [0, 0.05) is 19.5 Å². The second-order valence-electron chi connectivity index (χ2n) is 7.34. The van der Waals surface area contributed by atoms with Crippen LogP contribution < -0.4 is 0 Å². The van der Waals surface area contributed by atoms with Crippen molar-refractivity contribution in [1.82, 2.24) is 4.90 Å². The number of hydrogen-bond donors (Lipinski definition) is 1. The van der Waals surface area contributed by atoms with Gasteiger partial charge < -0.3 is 10.0 Å². The van der Waals surface area contributed by atoms with Gasteiger partial charge in [0.25, 0.3) is 0 Å². The maximum Gasteiger partial charge on any atom is 0.0991 e. The molecule has 0 saturated heterocycles. The summed E-state index contributed by atoms with van der Waals surface area (Å²) < 4.78 is 0. The Balaban J connectivity index is 1.80. The van der Waals surface area contributed by atoms with E-state index in [1.807, 2.05) is 0 Å². The number of rotatable bonds is 17. The van der Waals surface area contributed by atoms with E-state index in [0.29, 0.717) is 0 Å². The van der Waals surface area contributed by atoms with Crippen LogP contribution in [0.5, 0.6) is 0 Å². The maximum atomic E-state index is 9.05. The molecule has 1 rings (SSSR count). The molecule has 0 atom stereocenters. The molecule has 1 aliphatic rings. The van der Waals surface area contributed by atoms with E-state index in [0.717, 1.165) is 26.1 Å². The smallest absolute Gasteiger partial charge is 0.0991 e. The Hall–Kier alpha value is -0.830. The van der Waals surface area contributed by atoms with Gasteiger partial charge in [0.1, 0.15) is 0 Å². The van der Waals surface area contributed by atoms with E-state index in [4.69, 9.17) is 5.11 Å². The lowest BCUT2D eigenvalue weighted by Gasteiger charge is -2.18. The molecular weight excluding hydrogens is 308 g/mol. The van der Waals surface area contributed by atoms with Crippen LogP contribution >= 0.6 is 0 Å². The van der Waals surface area contributed by atoms with Crippen molar-refractivity contribution in [2.24, 2.45) is 4.99 Å². The highest BCUT2D eigenvalue weighted by Crippen LogP contribution is 2.13. The number of amidine groups is 1. The Kier molecular flexibility index (Phi) is 14.8. The van der Waals surface area contributed by atoms with Crippen LogP contribution in [-0.4, -0.2) is 42.1 Å². The number of aliphatic imine (C=N–C) groups is 1. The van der Waals surface area contributed by atoms with E-state index in [-0.39, 0.29) is 6.61 Å². The van der Waals surface area contributed by atoms with Crippen LogP contribution in [0, 0.1) is 0 Å². The average molecular weight is 351 g/mol. The van der Waals surface area contributed by atoms with Crippen molar-refractivity contribution in [1.29, 1.82) is 0 Å². The lowest BCUT2D eigenvalue weighted by molar-refractivity contribution is 0.255. The van der Waals surface area contributed by atoms with Crippen LogP contribution in [0.25, 0.3) is 0 Å². The molecular formula is C22H42N2O. The molecule has 0 fully saturated rings. The first kappa shape index (κ1) is 22.2. The van der Waals surface area contributed by atoms with E-state index < -0.39 is 0 Å². The highest BCUT2D eigenvalue weighted by atomic mass is 16.3. The summed E-state index contributed by atoms with van der Waals surface area (Å²) in [4.78, 5) is 6.81. The van der Waals surface area contributed by atoms with Gasteiger partial charge in [-0.1, -0.05) is 70.4 Å². The summed E-state index contributed by atoms with van der Waals surface area (Å²) in [6.45, 7) is 5.19. The molecule has 0 amide bonds. The van der Waals surface area contributed by atoms with Crippen molar-refractivity contribution >= 4 is 5.84 Å². The molecule has 0 aliphatic carbocycles. The number of aliphatic hydroxyl groups is 1. The molecule has 146 valence electrons. The first-order valence-electron chi connectivity index (χ1n) is 10.9. The van der Waals surface area contributed by atoms with Gasteiger partial charge in [0.2, 0.25) is 0 Å². The zero-order valence-electron chi connectivity index (χ0n) is 16.7. The Bertz CT molecular complexity index is 352. The van der Waals surface area contributed by atoms with E-state index in [1.165, 1.54) is 89.3 Å². The van der Waals surface area contributed by atoms with Crippen LogP contribution in [-0.2, 0) is 0 Å². The fourth-order valence-electron chi connectivity index (χ4n) is 3.48. The molecule has 0 unspecified atom stereocenters. The highest BCUT2D eigenvalue weighted by Gasteiger charge is 2.14. The zero-order valence-corrected chi connectivity index (χ0v) is 16.7.